The molecule has 0 bridgehead atoms. The quantitative estimate of drug-likeness (QED) is 0.875. The lowest BCUT2D eigenvalue weighted by molar-refractivity contribution is -0.137. The number of hydrogen-bond acceptors (Lipinski definition) is 2. The Kier molecular flexibility index (Phi) is 5.56. The fourth-order valence-corrected chi connectivity index (χ4v) is 1.84. The SMILES string of the molecule is CC(C)C(CCN)NC(=O)c1cccc(C(F)(F)F)c1. The van der Waals surface area contributed by atoms with Gasteiger partial charge in [0.25, 0.3) is 5.91 Å². The molecule has 0 aliphatic rings. The number of alkyl halides is 3. The second kappa shape index (κ2) is 6.74. The molecule has 0 saturated carbocycles. The minimum atomic E-state index is -4.45. The first kappa shape index (κ1) is 16.5. The van der Waals surface area contributed by atoms with Crippen molar-refractivity contribution in [1.29, 1.82) is 0 Å². The molecule has 0 heterocycles. The first-order valence-electron chi connectivity index (χ1n) is 6.44. The molecule has 3 nitrogen and oxygen atoms in total. The Morgan fingerprint density at radius 2 is 2.00 bits per heavy atom. The summed E-state index contributed by atoms with van der Waals surface area (Å²) < 4.78 is 37.8. The van der Waals surface area contributed by atoms with E-state index >= 15 is 0 Å². The van der Waals surface area contributed by atoms with E-state index in [1.807, 2.05) is 13.8 Å². The van der Waals surface area contributed by atoms with Crippen LogP contribution >= 0.6 is 0 Å². The van der Waals surface area contributed by atoms with Crippen LogP contribution in [0.2, 0.25) is 0 Å². The standard InChI is InChI=1S/C14H19F3N2O/c1-9(2)12(6-7-18)19-13(20)10-4-3-5-11(8-10)14(15,16)17/h3-5,8-9,12H,6-7,18H2,1-2H3,(H,19,20). The fraction of sp³-hybridized carbons (Fsp3) is 0.500. The van der Waals surface area contributed by atoms with Gasteiger partial charge in [0, 0.05) is 11.6 Å². The molecular weight excluding hydrogens is 269 g/mol. The Bertz CT molecular complexity index is 458. The lowest BCUT2D eigenvalue weighted by Crippen LogP contribution is -2.40. The second-order valence-corrected chi connectivity index (χ2v) is 4.98. The van der Waals surface area contributed by atoms with Gasteiger partial charge in [0.05, 0.1) is 5.56 Å². The number of amides is 1. The maximum atomic E-state index is 12.6. The van der Waals surface area contributed by atoms with Crippen LogP contribution in [0.15, 0.2) is 24.3 Å². The molecule has 0 aliphatic heterocycles. The molecule has 1 amide bonds. The molecule has 6 heteroatoms. The molecule has 0 aliphatic carbocycles. The summed E-state index contributed by atoms with van der Waals surface area (Å²) in [5.74, 6) is -0.350. The second-order valence-electron chi connectivity index (χ2n) is 4.98. The lowest BCUT2D eigenvalue weighted by Gasteiger charge is -2.22. The van der Waals surface area contributed by atoms with Crippen molar-refractivity contribution in [1.82, 2.24) is 5.32 Å². The minimum Gasteiger partial charge on any atom is -0.349 e. The van der Waals surface area contributed by atoms with Crippen molar-refractivity contribution in [3.05, 3.63) is 35.4 Å². The molecule has 1 aromatic carbocycles. The molecule has 1 rings (SSSR count). The fourth-order valence-electron chi connectivity index (χ4n) is 1.84. The Morgan fingerprint density at radius 3 is 2.50 bits per heavy atom. The van der Waals surface area contributed by atoms with Gasteiger partial charge in [-0.15, -0.1) is 0 Å². The molecule has 3 N–H and O–H groups in total. The van der Waals surface area contributed by atoms with Gasteiger partial charge in [0.2, 0.25) is 0 Å². The number of carbonyl (C=O) groups is 1. The van der Waals surface area contributed by atoms with Crippen molar-refractivity contribution in [3.63, 3.8) is 0 Å². The summed E-state index contributed by atoms with van der Waals surface area (Å²) in [6, 6.07) is 4.24. The normalized spacial score (nSPS) is 13.3. The number of nitrogens with two attached hydrogens (primary N) is 1. The van der Waals surface area contributed by atoms with E-state index in [1.54, 1.807) is 0 Å². The van der Waals surface area contributed by atoms with Gasteiger partial charge in [-0.05, 0) is 37.1 Å². The predicted molar refractivity (Wildman–Crippen MR) is 71.2 cm³/mol. The first-order valence-corrected chi connectivity index (χ1v) is 6.44. The monoisotopic (exact) mass is 288 g/mol. The number of rotatable bonds is 5. The molecule has 0 spiro atoms. The Hall–Kier alpha value is -1.56. The van der Waals surface area contributed by atoms with Crippen molar-refractivity contribution >= 4 is 5.91 Å². The van der Waals surface area contributed by atoms with Crippen molar-refractivity contribution in [2.75, 3.05) is 6.54 Å². The van der Waals surface area contributed by atoms with Crippen LogP contribution in [0, 0.1) is 5.92 Å². The summed E-state index contributed by atoms with van der Waals surface area (Å²) in [4.78, 5) is 12.0. The van der Waals surface area contributed by atoms with Gasteiger partial charge in [-0.2, -0.15) is 13.2 Å². The van der Waals surface area contributed by atoms with Crippen LogP contribution < -0.4 is 11.1 Å². The molecular formula is C14H19F3N2O. The number of carbonyl (C=O) groups excluding carboxylic acids is 1. The maximum absolute atomic E-state index is 12.6. The molecule has 112 valence electrons. The van der Waals surface area contributed by atoms with Crippen LogP contribution in [-0.2, 0) is 6.18 Å². The highest BCUT2D eigenvalue weighted by molar-refractivity contribution is 5.94. The van der Waals surface area contributed by atoms with E-state index in [0.29, 0.717) is 13.0 Å². The average molecular weight is 288 g/mol. The first-order chi connectivity index (χ1) is 9.25. The smallest absolute Gasteiger partial charge is 0.349 e. The molecule has 1 unspecified atom stereocenters. The van der Waals surface area contributed by atoms with E-state index in [4.69, 9.17) is 5.73 Å². The van der Waals surface area contributed by atoms with Crippen molar-refractivity contribution in [3.8, 4) is 0 Å². The van der Waals surface area contributed by atoms with E-state index in [2.05, 4.69) is 5.32 Å². The highest BCUT2D eigenvalue weighted by Crippen LogP contribution is 2.29. The summed E-state index contributed by atoms with van der Waals surface area (Å²) in [5, 5.41) is 2.73. The summed E-state index contributed by atoms with van der Waals surface area (Å²) in [6.07, 6.45) is -3.87. The molecule has 0 fully saturated rings. The van der Waals surface area contributed by atoms with Gasteiger partial charge in [-0.3, -0.25) is 4.79 Å². The topological polar surface area (TPSA) is 55.1 Å². The zero-order valence-electron chi connectivity index (χ0n) is 11.5. The zero-order chi connectivity index (χ0) is 15.3. The number of hydrogen-bond donors (Lipinski definition) is 2. The maximum Gasteiger partial charge on any atom is 0.416 e. The van der Waals surface area contributed by atoms with Crippen molar-refractivity contribution in [2.24, 2.45) is 11.7 Å². The highest BCUT2D eigenvalue weighted by Gasteiger charge is 2.31. The summed E-state index contributed by atoms with van der Waals surface area (Å²) >= 11 is 0. The van der Waals surface area contributed by atoms with Crippen LogP contribution in [-0.4, -0.2) is 18.5 Å². The Morgan fingerprint density at radius 1 is 1.35 bits per heavy atom. The van der Waals surface area contributed by atoms with E-state index in [0.717, 1.165) is 12.1 Å². The third kappa shape index (κ3) is 4.52. The predicted octanol–water partition coefficient (Wildman–Crippen LogP) is 2.81. The third-order valence-electron chi connectivity index (χ3n) is 3.05. The number of nitrogens with one attached hydrogen (secondary N) is 1. The van der Waals surface area contributed by atoms with Gasteiger partial charge in [0.15, 0.2) is 0 Å². The number of halogens is 3. The van der Waals surface area contributed by atoms with Crippen LogP contribution in [0.25, 0.3) is 0 Å². The average Bonchev–Trinajstić information content (AvgIpc) is 2.37. The highest BCUT2D eigenvalue weighted by atomic mass is 19.4. The van der Waals surface area contributed by atoms with Gasteiger partial charge in [-0.25, -0.2) is 0 Å². The summed E-state index contributed by atoms with van der Waals surface area (Å²) in [5.41, 5.74) is 4.64. The summed E-state index contributed by atoms with van der Waals surface area (Å²) in [6.45, 7) is 4.26. The molecule has 0 saturated heterocycles. The molecule has 1 aromatic rings. The minimum absolute atomic E-state index is 0.00231. The molecule has 20 heavy (non-hydrogen) atoms. The largest absolute Gasteiger partial charge is 0.416 e. The zero-order valence-corrected chi connectivity index (χ0v) is 11.5. The molecule has 1 atom stereocenters. The van der Waals surface area contributed by atoms with E-state index in [-0.39, 0.29) is 17.5 Å². The van der Waals surface area contributed by atoms with E-state index in [9.17, 15) is 18.0 Å². The summed E-state index contributed by atoms with van der Waals surface area (Å²) in [7, 11) is 0. The van der Waals surface area contributed by atoms with E-state index in [1.165, 1.54) is 12.1 Å². The Balaban J connectivity index is 2.87. The van der Waals surface area contributed by atoms with Crippen LogP contribution in [0.3, 0.4) is 0 Å². The van der Waals surface area contributed by atoms with Crippen LogP contribution in [0.5, 0.6) is 0 Å². The molecule has 0 aromatic heterocycles. The molecule has 0 radical (unpaired) electrons. The van der Waals surface area contributed by atoms with Crippen LogP contribution in [0.1, 0.15) is 36.2 Å². The lowest BCUT2D eigenvalue weighted by atomic mass is 10.00. The Labute approximate surface area is 116 Å². The van der Waals surface area contributed by atoms with Gasteiger partial charge in [-0.1, -0.05) is 19.9 Å². The van der Waals surface area contributed by atoms with E-state index < -0.39 is 17.6 Å². The number of benzene rings is 1. The van der Waals surface area contributed by atoms with Crippen molar-refractivity contribution < 1.29 is 18.0 Å². The van der Waals surface area contributed by atoms with Gasteiger partial charge < -0.3 is 11.1 Å². The van der Waals surface area contributed by atoms with Gasteiger partial charge in [0.1, 0.15) is 0 Å². The van der Waals surface area contributed by atoms with Gasteiger partial charge >= 0.3 is 6.18 Å². The third-order valence-corrected chi connectivity index (χ3v) is 3.05. The van der Waals surface area contributed by atoms with Crippen molar-refractivity contribution in [2.45, 2.75) is 32.5 Å². The van der Waals surface area contributed by atoms with Crippen LogP contribution in [0.4, 0.5) is 13.2 Å².